The van der Waals surface area contributed by atoms with E-state index >= 15 is 0 Å². The molecule has 2 aromatic rings. The van der Waals surface area contributed by atoms with Gasteiger partial charge >= 0.3 is 0 Å². The molecule has 1 N–H and O–H groups in total. The molecule has 0 spiro atoms. The molecule has 0 saturated heterocycles. The van der Waals surface area contributed by atoms with Crippen LogP contribution in [0.5, 0.6) is 0 Å². The lowest BCUT2D eigenvalue weighted by molar-refractivity contribution is 0.0928. The molecule has 0 radical (unpaired) electrons. The molecule has 1 atom stereocenters. The van der Waals surface area contributed by atoms with E-state index in [4.69, 9.17) is 0 Å². The average Bonchev–Trinajstić information content (AvgIpc) is 3.05. The third kappa shape index (κ3) is 3.97. The zero-order valence-corrected chi connectivity index (χ0v) is 14.6. The zero-order valence-electron chi connectivity index (χ0n) is 14.6. The first-order valence-electron chi connectivity index (χ1n) is 8.11. The van der Waals surface area contributed by atoms with E-state index in [1.54, 1.807) is 10.9 Å². The Morgan fingerprint density at radius 3 is 2.65 bits per heavy atom. The summed E-state index contributed by atoms with van der Waals surface area (Å²) >= 11 is 0. The van der Waals surface area contributed by atoms with E-state index in [2.05, 4.69) is 41.3 Å². The highest BCUT2D eigenvalue weighted by molar-refractivity contribution is 5.95. The van der Waals surface area contributed by atoms with Gasteiger partial charge < -0.3 is 5.32 Å². The highest BCUT2D eigenvalue weighted by Crippen LogP contribution is 2.20. The summed E-state index contributed by atoms with van der Waals surface area (Å²) in [4.78, 5) is 16.9. The van der Waals surface area contributed by atoms with Gasteiger partial charge in [0.2, 0.25) is 0 Å². The number of aromatic nitrogens is 5. The minimum absolute atomic E-state index is 0.112. The fourth-order valence-electron chi connectivity index (χ4n) is 2.66. The highest BCUT2D eigenvalue weighted by Gasteiger charge is 2.23. The SMILES string of the molecule is CCCn1ncc(C(=O)NC(CC(C)C)c2ncnn2C)c1C. The van der Waals surface area contributed by atoms with Gasteiger partial charge in [-0.05, 0) is 25.7 Å². The zero-order chi connectivity index (χ0) is 17.0. The molecule has 2 rings (SSSR count). The van der Waals surface area contributed by atoms with Gasteiger partial charge in [0.15, 0.2) is 0 Å². The summed E-state index contributed by atoms with van der Waals surface area (Å²) in [6.45, 7) is 9.09. The van der Waals surface area contributed by atoms with Crippen molar-refractivity contribution in [1.82, 2.24) is 29.9 Å². The van der Waals surface area contributed by atoms with Crippen molar-refractivity contribution in [2.75, 3.05) is 0 Å². The van der Waals surface area contributed by atoms with Crippen molar-refractivity contribution in [2.24, 2.45) is 13.0 Å². The molecular formula is C16H26N6O. The minimum Gasteiger partial charge on any atom is -0.342 e. The number of amides is 1. The maximum absolute atomic E-state index is 12.7. The number of carbonyl (C=O) groups excluding carboxylic acids is 1. The molecule has 0 saturated carbocycles. The van der Waals surface area contributed by atoms with Crippen LogP contribution >= 0.6 is 0 Å². The second kappa shape index (κ2) is 7.39. The Labute approximate surface area is 137 Å². The summed E-state index contributed by atoms with van der Waals surface area (Å²) in [5.41, 5.74) is 1.51. The first-order valence-corrected chi connectivity index (χ1v) is 8.11. The van der Waals surface area contributed by atoms with Gasteiger partial charge in [0.1, 0.15) is 12.2 Å². The van der Waals surface area contributed by atoms with Gasteiger partial charge in [-0.25, -0.2) is 4.98 Å². The van der Waals surface area contributed by atoms with Gasteiger partial charge in [0, 0.05) is 19.3 Å². The number of aryl methyl sites for hydroxylation is 2. The number of carbonyl (C=O) groups is 1. The van der Waals surface area contributed by atoms with Crippen LogP contribution in [0.3, 0.4) is 0 Å². The van der Waals surface area contributed by atoms with E-state index < -0.39 is 0 Å². The maximum atomic E-state index is 12.7. The fourth-order valence-corrected chi connectivity index (χ4v) is 2.66. The number of rotatable bonds is 7. The lowest BCUT2D eigenvalue weighted by Crippen LogP contribution is -2.31. The molecule has 0 aliphatic heterocycles. The first kappa shape index (κ1) is 17.2. The van der Waals surface area contributed by atoms with E-state index in [-0.39, 0.29) is 11.9 Å². The Hall–Kier alpha value is -2.18. The molecule has 0 aliphatic rings. The summed E-state index contributed by atoms with van der Waals surface area (Å²) in [5.74, 6) is 1.09. The van der Waals surface area contributed by atoms with Crippen molar-refractivity contribution < 1.29 is 4.79 Å². The number of hydrogen-bond acceptors (Lipinski definition) is 4. The fraction of sp³-hybridized carbons (Fsp3) is 0.625. The third-order valence-electron chi connectivity index (χ3n) is 3.85. The Morgan fingerprint density at radius 1 is 1.35 bits per heavy atom. The molecule has 1 unspecified atom stereocenters. The van der Waals surface area contributed by atoms with Gasteiger partial charge in [-0.2, -0.15) is 10.2 Å². The molecule has 23 heavy (non-hydrogen) atoms. The van der Waals surface area contributed by atoms with Crippen molar-refractivity contribution in [1.29, 1.82) is 0 Å². The smallest absolute Gasteiger partial charge is 0.255 e. The standard InChI is InChI=1S/C16H26N6O/c1-6-7-22-12(4)13(9-18-22)16(23)20-14(8-11(2)3)15-17-10-19-21(15)5/h9-11,14H,6-8H2,1-5H3,(H,20,23). The number of nitrogens with one attached hydrogen (secondary N) is 1. The van der Waals surface area contributed by atoms with Crippen molar-refractivity contribution >= 4 is 5.91 Å². The van der Waals surface area contributed by atoms with Crippen LogP contribution in [0.25, 0.3) is 0 Å². The Kier molecular flexibility index (Phi) is 5.52. The van der Waals surface area contributed by atoms with E-state index in [1.165, 1.54) is 6.33 Å². The lowest BCUT2D eigenvalue weighted by atomic mass is 10.0. The molecule has 0 aliphatic carbocycles. The Balaban J connectivity index is 2.19. The predicted octanol–water partition coefficient (Wildman–Crippen LogP) is 2.25. The summed E-state index contributed by atoms with van der Waals surface area (Å²) in [7, 11) is 1.84. The molecule has 2 heterocycles. The molecule has 7 nitrogen and oxygen atoms in total. The largest absolute Gasteiger partial charge is 0.342 e. The number of nitrogens with zero attached hydrogens (tertiary/aromatic N) is 5. The van der Waals surface area contributed by atoms with Gasteiger partial charge in [-0.15, -0.1) is 0 Å². The van der Waals surface area contributed by atoms with E-state index in [0.29, 0.717) is 11.5 Å². The first-order chi connectivity index (χ1) is 10.9. The van der Waals surface area contributed by atoms with Crippen LogP contribution in [0.2, 0.25) is 0 Å². The van der Waals surface area contributed by atoms with Crippen LogP contribution in [-0.2, 0) is 13.6 Å². The van der Waals surface area contributed by atoms with E-state index in [1.807, 2.05) is 18.7 Å². The van der Waals surface area contributed by atoms with Gasteiger partial charge in [-0.1, -0.05) is 20.8 Å². The van der Waals surface area contributed by atoms with Crippen LogP contribution in [0, 0.1) is 12.8 Å². The number of hydrogen-bond donors (Lipinski definition) is 1. The second-order valence-electron chi connectivity index (χ2n) is 6.26. The Bertz CT molecular complexity index is 657. The van der Waals surface area contributed by atoms with Crippen LogP contribution in [-0.4, -0.2) is 30.5 Å². The predicted molar refractivity (Wildman–Crippen MR) is 87.9 cm³/mol. The molecular weight excluding hydrogens is 292 g/mol. The van der Waals surface area contributed by atoms with Crippen molar-refractivity contribution in [3.63, 3.8) is 0 Å². The second-order valence-corrected chi connectivity index (χ2v) is 6.26. The van der Waals surface area contributed by atoms with Gasteiger partial charge in [-0.3, -0.25) is 14.2 Å². The van der Waals surface area contributed by atoms with Crippen LogP contribution < -0.4 is 5.32 Å². The molecule has 0 aromatic carbocycles. The van der Waals surface area contributed by atoms with Crippen molar-refractivity contribution in [3.05, 3.63) is 29.6 Å². The van der Waals surface area contributed by atoms with Gasteiger partial charge in [0.25, 0.3) is 5.91 Å². The summed E-state index contributed by atoms with van der Waals surface area (Å²) in [5, 5.41) is 11.5. The normalized spacial score (nSPS) is 12.6. The maximum Gasteiger partial charge on any atom is 0.255 e. The van der Waals surface area contributed by atoms with Crippen LogP contribution in [0.4, 0.5) is 0 Å². The van der Waals surface area contributed by atoms with Crippen molar-refractivity contribution in [2.45, 2.75) is 53.1 Å². The molecule has 0 fully saturated rings. The minimum atomic E-state index is -0.163. The van der Waals surface area contributed by atoms with E-state index in [9.17, 15) is 4.79 Å². The van der Waals surface area contributed by atoms with E-state index in [0.717, 1.165) is 30.9 Å². The lowest BCUT2D eigenvalue weighted by Gasteiger charge is -2.19. The quantitative estimate of drug-likeness (QED) is 0.849. The summed E-state index contributed by atoms with van der Waals surface area (Å²) in [6.07, 6.45) is 4.95. The molecule has 126 valence electrons. The third-order valence-corrected chi connectivity index (χ3v) is 3.85. The summed E-state index contributed by atoms with van der Waals surface area (Å²) < 4.78 is 3.58. The molecule has 2 aromatic heterocycles. The van der Waals surface area contributed by atoms with Crippen molar-refractivity contribution in [3.8, 4) is 0 Å². The monoisotopic (exact) mass is 318 g/mol. The molecule has 7 heteroatoms. The average molecular weight is 318 g/mol. The Morgan fingerprint density at radius 2 is 2.09 bits per heavy atom. The topological polar surface area (TPSA) is 77.6 Å². The van der Waals surface area contributed by atoms with Crippen LogP contribution in [0.1, 0.15) is 61.5 Å². The van der Waals surface area contributed by atoms with Crippen LogP contribution in [0.15, 0.2) is 12.5 Å². The highest BCUT2D eigenvalue weighted by atomic mass is 16.1. The molecule has 0 bridgehead atoms. The molecule has 1 amide bonds. The van der Waals surface area contributed by atoms with Gasteiger partial charge in [0.05, 0.1) is 17.8 Å². The summed E-state index contributed by atoms with van der Waals surface area (Å²) in [6, 6.07) is -0.163.